The van der Waals surface area contributed by atoms with E-state index in [-0.39, 0.29) is 23.4 Å². The molecule has 0 radical (unpaired) electrons. The van der Waals surface area contributed by atoms with Gasteiger partial charge in [0.05, 0.1) is 18.9 Å². The third-order valence-corrected chi connectivity index (χ3v) is 3.42. The monoisotopic (exact) mass is 367 g/mol. The maximum absolute atomic E-state index is 13.1. The lowest BCUT2D eigenvalue weighted by Crippen LogP contribution is -2.13. The van der Waals surface area contributed by atoms with E-state index in [1.54, 1.807) is 18.2 Å². The average molecular weight is 368 g/mol. The van der Waals surface area contributed by atoms with E-state index in [0.717, 1.165) is 0 Å². The van der Waals surface area contributed by atoms with Crippen LogP contribution >= 0.6 is 15.9 Å². The summed E-state index contributed by atoms with van der Waals surface area (Å²) < 4.78 is 24.0. The van der Waals surface area contributed by atoms with E-state index in [4.69, 9.17) is 9.47 Å². The first-order chi connectivity index (χ1) is 10.4. The molecule has 0 amide bonds. The molecule has 0 N–H and O–H groups in total. The van der Waals surface area contributed by atoms with Crippen LogP contribution in [0.2, 0.25) is 0 Å². The number of methoxy groups -OCH3 is 1. The molecule has 6 heteroatoms. The van der Waals surface area contributed by atoms with E-state index in [0.29, 0.717) is 15.7 Å². The first-order valence-electron chi connectivity index (χ1n) is 6.63. The molecule has 1 aromatic heterocycles. The van der Waals surface area contributed by atoms with Gasteiger partial charge in [0, 0.05) is 10.0 Å². The van der Waals surface area contributed by atoms with E-state index in [1.165, 1.54) is 19.2 Å². The number of esters is 1. The Morgan fingerprint density at radius 2 is 1.91 bits per heavy atom. The van der Waals surface area contributed by atoms with Gasteiger partial charge in [0.2, 0.25) is 5.88 Å². The van der Waals surface area contributed by atoms with Crippen molar-refractivity contribution in [3.63, 3.8) is 0 Å². The smallest absolute Gasteiger partial charge is 0.343 e. The van der Waals surface area contributed by atoms with Crippen LogP contribution in [0.1, 0.15) is 24.2 Å². The molecule has 0 atom stereocenters. The van der Waals surface area contributed by atoms with E-state index in [2.05, 4.69) is 20.9 Å². The molecule has 1 aromatic carbocycles. The van der Waals surface area contributed by atoms with Crippen LogP contribution in [0.3, 0.4) is 0 Å². The summed E-state index contributed by atoms with van der Waals surface area (Å²) >= 11 is 3.38. The maximum atomic E-state index is 13.1. The number of rotatable bonds is 4. The molecule has 0 aliphatic carbocycles. The van der Waals surface area contributed by atoms with Crippen molar-refractivity contribution in [2.45, 2.75) is 20.0 Å². The Hall–Kier alpha value is -1.95. The van der Waals surface area contributed by atoms with E-state index in [9.17, 15) is 9.18 Å². The number of aromatic nitrogens is 1. The highest BCUT2D eigenvalue weighted by atomic mass is 79.9. The second kappa shape index (κ2) is 6.87. The zero-order chi connectivity index (χ0) is 16.3. The fourth-order valence-corrected chi connectivity index (χ4v) is 2.40. The molecule has 0 aliphatic heterocycles. The average Bonchev–Trinajstić information content (AvgIpc) is 2.48. The van der Waals surface area contributed by atoms with Crippen molar-refractivity contribution in [3.8, 4) is 17.1 Å². The van der Waals surface area contributed by atoms with Gasteiger partial charge < -0.3 is 9.47 Å². The summed E-state index contributed by atoms with van der Waals surface area (Å²) in [7, 11) is 1.29. The molecular formula is C16H15BrFNO3. The highest BCUT2D eigenvalue weighted by Gasteiger charge is 2.20. The Morgan fingerprint density at radius 1 is 1.27 bits per heavy atom. The highest BCUT2D eigenvalue weighted by molar-refractivity contribution is 9.10. The summed E-state index contributed by atoms with van der Waals surface area (Å²) in [4.78, 5) is 16.2. The number of ether oxygens (including phenoxy) is 2. The van der Waals surface area contributed by atoms with Gasteiger partial charge in [-0.15, -0.1) is 0 Å². The summed E-state index contributed by atoms with van der Waals surface area (Å²) in [5, 5.41) is 0. The molecule has 22 heavy (non-hydrogen) atoms. The van der Waals surface area contributed by atoms with Crippen LogP contribution in [0.5, 0.6) is 5.88 Å². The van der Waals surface area contributed by atoms with Gasteiger partial charge in [-0.2, -0.15) is 0 Å². The van der Waals surface area contributed by atoms with Gasteiger partial charge in [-0.25, -0.2) is 14.2 Å². The lowest BCUT2D eigenvalue weighted by molar-refractivity contribution is 0.0593. The number of hydrogen-bond acceptors (Lipinski definition) is 4. The highest BCUT2D eigenvalue weighted by Crippen LogP contribution is 2.32. The van der Waals surface area contributed by atoms with Gasteiger partial charge in [0.1, 0.15) is 11.4 Å². The van der Waals surface area contributed by atoms with Gasteiger partial charge in [0.15, 0.2) is 0 Å². The molecule has 0 bridgehead atoms. The lowest BCUT2D eigenvalue weighted by Gasteiger charge is -2.15. The fraction of sp³-hybridized carbons (Fsp3) is 0.250. The largest absolute Gasteiger partial charge is 0.474 e. The first-order valence-corrected chi connectivity index (χ1v) is 7.43. The molecule has 0 unspecified atom stereocenters. The van der Waals surface area contributed by atoms with Crippen LogP contribution in [-0.2, 0) is 4.74 Å². The van der Waals surface area contributed by atoms with Crippen molar-refractivity contribution in [1.29, 1.82) is 0 Å². The van der Waals surface area contributed by atoms with Gasteiger partial charge in [-0.3, -0.25) is 0 Å². The predicted molar refractivity (Wildman–Crippen MR) is 84.4 cm³/mol. The first kappa shape index (κ1) is 16.4. The van der Waals surface area contributed by atoms with Crippen LogP contribution in [0, 0.1) is 5.82 Å². The Labute approximate surface area is 136 Å². The van der Waals surface area contributed by atoms with E-state index < -0.39 is 5.97 Å². The Kier molecular flexibility index (Phi) is 5.13. The third kappa shape index (κ3) is 3.62. The summed E-state index contributed by atoms with van der Waals surface area (Å²) in [5.74, 6) is -0.677. The van der Waals surface area contributed by atoms with E-state index in [1.807, 2.05) is 13.8 Å². The standard InChI is InChI=1S/C16H15BrFNO3/c1-9(2)22-15-12(16(20)21-3)8-13(17)14(19-15)10-4-6-11(18)7-5-10/h4-9H,1-3H3. The number of hydrogen-bond donors (Lipinski definition) is 0. The molecule has 116 valence electrons. The Bertz CT molecular complexity index is 687. The number of carbonyl (C=O) groups is 1. The number of nitrogens with zero attached hydrogens (tertiary/aromatic N) is 1. The zero-order valence-corrected chi connectivity index (χ0v) is 14.0. The number of carbonyl (C=O) groups excluding carboxylic acids is 1. The minimum absolute atomic E-state index is 0.154. The molecule has 4 nitrogen and oxygen atoms in total. The Morgan fingerprint density at radius 3 is 2.45 bits per heavy atom. The van der Waals surface area contributed by atoms with Crippen molar-refractivity contribution < 1.29 is 18.7 Å². The molecule has 0 spiro atoms. The molecule has 1 heterocycles. The summed E-state index contributed by atoms with van der Waals surface area (Å²) in [5.41, 5.74) is 1.50. The van der Waals surface area contributed by atoms with Crippen LogP contribution in [0.15, 0.2) is 34.8 Å². The van der Waals surface area contributed by atoms with Crippen molar-refractivity contribution in [2.24, 2.45) is 0 Å². The molecule has 2 rings (SSSR count). The van der Waals surface area contributed by atoms with Crippen molar-refractivity contribution in [2.75, 3.05) is 7.11 Å². The molecule has 0 fully saturated rings. The van der Waals surface area contributed by atoms with Crippen molar-refractivity contribution in [1.82, 2.24) is 4.98 Å². The van der Waals surface area contributed by atoms with Gasteiger partial charge in [-0.1, -0.05) is 0 Å². The molecule has 0 aliphatic rings. The SMILES string of the molecule is COC(=O)c1cc(Br)c(-c2ccc(F)cc2)nc1OC(C)C. The molecule has 2 aromatic rings. The predicted octanol–water partition coefficient (Wildman–Crippen LogP) is 4.22. The number of benzene rings is 1. The second-order valence-electron chi connectivity index (χ2n) is 4.84. The van der Waals surface area contributed by atoms with Crippen LogP contribution < -0.4 is 4.74 Å². The van der Waals surface area contributed by atoms with Gasteiger partial charge >= 0.3 is 5.97 Å². The molecule has 0 saturated carbocycles. The maximum Gasteiger partial charge on any atom is 0.343 e. The summed E-state index contributed by atoms with van der Waals surface area (Å²) in [6.07, 6.45) is -0.154. The topological polar surface area (TPSA) is 48.4 Å². The molecular weight excluding hydrogens is 353 g/mol. The summed E-state index contributed by atoms with van der Waals surface area (Å²) in [6.45, 7) is 3.67. The summed E-state index contributed by atoms with van der Waals surface area (Å²) in [6, 6.07) is 7.51. The van der Waals surface area contributed by atoms with Crippen LogP contribution in [0.4, 0.5) is 4.39 Å². The normalized spacial score (nSPS) is 10.6. The van der Waals surface area contributed by atoms with Gasteiger partial charge in [-0.05, 0) is 60.1 Å². The van der Waals surface area contributed by atoms with Gasteiger partial charge in [0.25, 0.3) is 0 Å². The Balaban J connectivity index is 2.56. The minimum atomic E-state index is -0.533. The van der Waals surface area contributed by atoms with Crippen molar-refractivity contribution >= 4 is 21.9 Å². The zero-order valence-electron chi connectivity index (χ0n) is 12.4. The quantitative estimate of drug-likeness (QED) is 0.758. The number of pyridine rings is 1. The number of halogens is 2. The van der Waals surface area contributed by atoms with E-state index >= 15 is 0 Å². The van der Waals surface area contributed by atoms with Crippen LogP contribution in [-0.4, -0.2) is 24.2 Å². The molecule has 0 saturated heterocycles. The fourth-order valence-electron chi connectivity index (χ4n) is 1.85. The van der Waals surface area contributed by atoms with Crippen LogP contribution in [0.25, 0.3) is 11.3 Å². The second-order valence-corrected chi connectivity index (χ2v) is 5.69. The lowest BCUT2D eigenvalue weighted by atomic mass is 10.1. The third-order valence-electron chi connectivity index (χ3n) is 2.81. The van der Waals surface area contributed by atoms with Crippen molar-refractivity contribution in [3.05, 3.63) is 46.2 Å². The minimum Gasteiger partial charge on any atom is -0.474 e.